The van der Waals surface area contributed by atoms with E-state index in [1.165, 1.54) is 51.6 Å². The molecule has 1 heterocycles. The molecule has 0 unspecified atom stereocenters. The van der Waals surface area contributed by atoms with Crippen LogP contribution in [0.15, 0.2) is 0 Å². The van der Waals surface area contributed by atoms with E-state index in [-0.39, 0.29) is 0 Å². The smallest absolute Gasteiger partial charge is 0.00953 e. The Morgan fingerprint density at radius 2 is 2.00 bits per heavy atom. The maximum absolute atomic E-state index is 2.76. The first-order valence-electron chi connectivity index (χ1n) is 6.55. The molecule has 0 N–H and O–H groups in total. The quantitative estimate of drug-likeness (QED) is 0.668. The van der Waals surface area contributed by atoms with Gasteiger partial charge in [0.25, 0.3) is 0 Å². The van der Waals surface area contributed by atoms with Crippen molar-refractivity contribution in [2.45, 2.75) is 58.4 Å². The Hall–Kier alpha value is -0.0400. The molecule has 1 saturated carbocycles. The molecule has 0 aromatic heterocycles. The molecular formula is C13H25N. The molecule has 0 aromatic carbocycles. The number of hydrogen-bond donors (Lipinski definition) is 0. The van der Waals surface area contributed by atoms with Gasteiger partial charge in [-0.1, -0.05) is 33.1 Å². The summed E-state index contributed by atoms with van der Waals surface area (Å²) in [7, 11) is 0. The molecule has 0 aromatic rings. The maximum Gasteiger partial charge on any atom is 0.00953 e. The second-order valence-electron chi connectivity index (χ2n) is 5.39. The summed E-state index contributed by atoms with van der Waals surface area (Å²) >= 11 is 0. The van der Waals surface area contributed by atoms with Gasteiger partial charge in [0.15, 0.2) is 0 Å². The monoisotopic (exact) mass is 195 g/mol. The standard InChI is InChI=1S/C13H25N/c1-3-5-12-8-9-14(10-11(12)2)13-6-4-7-13/h11-13H,3-10H2,1-2H3/t11-,12-/m1/s1. The van der Waals surface area contributed by atoms with Crippen molar-refractivity contribution in [1.82, 2.24) is 4.90 Å². The van der Waals surface area contributed by atoms with E-state index in [1.54, 1.807) is 0 Å². The average Bonchev–Trinajstić information content (AvgIpc) is 2.07. The second kappa shape index (κ2) is 4.65. The molecule has 1 aliphatic heterocycles. The van der Waals surface area contributed by atoms with Crippen molar-refractivity contribution < 1.29 is 0 Å². The molecule has 2 atom stereocenters. The van der Waals surface area contributed by atoms with Crippen molar-refractivity contribution in [1.29, 1.82) is 0 Å². The highest BCUT2D eigenvalue weighted by Crippen LogP contribution is 2.33. The molecule has 1 nitrogen and oxygen atoms in total. The third-order valence-corrected chi connectivity index (χ3v) is 4.36. The van der Waals surface area contributed by atoms with E-state index in [1.807, 2.05) is 0 Å². The fourth-order valence-corrected chi connectivity index (χ4v) is 3.11. The predicted molar refractivity (Wildman–Crippen MR) is 61.4 cm³/mol. The van der Waals surface area contributed by atoms with Crippen LogP contribution < -0.4 is 0 Å². The van der Waals surface area contributed by atoms with Gasteiger partial charge in [0, 0.05) is 12.6 Å². The zero-order valence-corrected chi connectivity index (χ0v) is 9.84. The van der Waals surface area contributed by atoms with Gasteiger partial charge >= 0.3 is 0 Å². The van der Waals surface area contributed by atoms with E-state index in [4.69, 9.17) is 0 Å². The fraction of sp³-hybridized carbons (Fsp3) is 1.00. The Kier molecular flexibility index (Phi) is 3.48. The van der Waals surface area contributed by atoms with Crippen LogP contribution in [0.4, 0.5) is 0 Å². The van der Waals surface area contributed by atoms with Crippen molar-refractivity contribution in [3.8, 4) is 0 Å². The third-order valence-electron chi connectivity index (χ3n) is 4.36. The van der Waals surface area contributed by atoms with Gasteiger partial charge in [-0.3, -0.25) is 0 Å². The number of hydrogen-bond acceptors (Lipinski definition) is 1. The lowest BCUT2D eigenvalue weighted by molar-refractivity contribution is 0.0505. The number of likely N-dealkylation sites (tertiary alicyclic amines) is 1. The number of piperidine rings is 1. The topological polar surface area (TPSA) is 3.24 Å². The molecule has 0 amide bonds. The average molecular weight is 195 g/mol. The second-order valence-corrected chi connectivity index (χ2v) is 5.39. The molecule has 1 saturated heterocycles. The number of rotatable bonds is 3. The van der Waals surface area contributed by atoms with Crippen LogP contribution in [-0.4, -0.2) is 24.0 Å². The molecule has 14 heavy (non-hydrogen) atoms. The van der Waals surface area contributed by atoms with Crippen molar-refractivity contribution in [3.05, 3.63) is 0 Å². The minimum Gasteiger partial charge on any atom is -0.300 e. The van der Waals surface area contributed by atoms with Crippen LogP contribution in [0.25, 0.3) is 0 Å². The molecule has 1 heteroatoms. The van der Waals surface area contributed by atoms with Gasteiger partial charge < -0.3 is 4.90 Å². The van der Waals surface area contributed by atoms with Crippen LogP contribution in [0.3, 0.4) is 0 Å². The van der Waals surface area contributed by atoms with Crippen molar-refractivity contribution >= 4 is 0 Å². The van der Waals surface area contributed by atoms with E-state index < -0.39 is 0 Å². The zero-order chi connectivity index (χ0) is 9.97. The Balaban J connectivity index is 1.79. The van der Waals surface area contributed by atoms with Crippen molar-refractivity contribution in [3.63, 3.8) is 0 Å². The maximum atomic E-state index is 2.76. The van der Waals surface area contributed by atoms with E-state index >= 15 is 0 Å². The molecule has 2 fully saturated rings. The summed E-state index contributed by atoms with van der Waals surface area (Å²) in [4.78, 5) is 2.76. The van der Waals surface area contributed by atoms with Crippen LogP contribution >= 0.6 is 0 Å². The molecule has 2 aliphatic rings. The highest BCUT2D eigenvalue weighted by atomic mass is 15.2. The summed E-state index contributed by atoms with van der Waals surface area (Å²) in [5, 5.41) is 0. The first-order chi connectivity index (χ1) is 6.81. The first-order valence-corrected chi connectivity index (χ1v) is 6.55. The lowest BCUT2D eigenvalue weighted by Crippen LogP contribution is -2.47. The molecule has 1 aliphatic carbocycles. The lowest BCUT2D eigenvalue weighted by Gasteiger charge is -2.44. The molecule has 0 spiro atoms. The van der Waals surface area contributed by atoms with Crippen LogP contribution in [0.5, 0.6) is 0 Å². The summed E-state index contributed by atoms with van der Waals surface area (Å²) in [6, 6.07) is 0.972. The van der Waals surface area contributed by atoms with Gasteiger partial charge in [0.1, 0.15) is 0 Å². The first kappa shape index (κ1) is 10.5. The molecule has 0 radical (unpaired) electrons. The Labute approximate surface area is 88.9 Å². The lowest BCUT2D eigenvalue weighted by atomic mass is 9.81. The minimum atomic E-state index is 0.948. The summed E-state index contributed by atoms with van der Waals surface area (Å²) < 4.78 is 0. The highest BCUT2D eigenvalue weighted by Gasteiger charge is 2.31. The Morgan fingerprint density at radius 3 is 2.50 bits per heavy atom. The molecular weight excluding hydrogens is 170 g/mol. The van der Waals surface area contributed by atoms with Gasteiger partial charge in [-0.05, 0) is 37.6 Å². The van der Waals surface area contributed by atoms with Crippen LogP contribution in [0.1, 0.15) is 52.4 Å². The summed E-state index contributed by atoms with van der Waals surface area (Å²) in [5.41, 5.74) is 0. The third kappa shape index (κ3) is 2.13. The number of nitrogens with zero attached hydrogens (tertiary/aromatic N) is 1. The SMILES string of the molecule is CCC[C@@H]1CCN(C2CCC2)C[C@H]1C. The van der Waals surface area contributed by atoms with E-state index in [0.29, 0.717) is 0 Å². The van der Waals surface area contributed by atoms with Gasteiger partial charge in [0.05, 0.1) is 0 Å². The van der Waals surface area contributed by atoms with E-state index in [0.717, 1.165) is 17.9 Å². The Morgan fingerprint density at radius 1 is 1.21 bits per heavy atom. The largest absolute Gasteiger partial charge is 0.300 e. The minimum absolute atomic E-state index is 0.948. The molecule has 82 valence electrons. The summed E-state index contributed by atoms with van der Waals surface area (Å²) in [6.45, 7) is 7.56. The van der Waals surface area contributed by atoms with Crippen LogP contribution in [-0.2, 0) is 0 Å². The van der Waals surface area contributed by atoms with Crippen LogP contribution in [0, 0.1) is 11.8 Å². The van der Waals surface area contributed by atoms with Gasteiger partial charge in [-0.25, -0.2) is 0 Å². The molecule has 0 bridgehead atoms. The summed E-state index contributed by atoms with van der Waals surface area (Å²) in [6.07, 6.45) is 8.73. The van der Waals surface area contributed by atoms with Crippen molar-refractivity contribution in [2.75, 3.05) is 13.1 Å². The fourth-order valence-electron chi connectivity index (χ4n) is 3.11. The highest BCUT2D eigenvalue weighted by molar-refractivity contribution is 4.86. The zero-order valence-electron chi connectivity index (χ0n) is 9.84. The normalized spacial score (nSPS) is 35.6. The van der Waals surface area contributed by atoms with Gasteiger partial charge in [0.2, 0.25) is 0 Å². The van der Waals surface area contributed by atoms with Crippen molar-refractivity contribution in [2.24, 2.45) is 11.8 Å². The summed E-state index contributed by atoms with van der Waals surface area (Å²) in [5.74, 6) is 1.97. The van der Waals surface area contributed by atoms with Gasteiger partial charge in [-0.2, -0.15) is 0 Å². The van der Waals surface area contributed by atoms with Gasteiger partial charge in [-0.15, -0.1) is 0 Å². The van der Waals surface area contributed by atoms with E-state index in [2.05, 4.69) is 18.7 Å². The predicted octanol–water partition coefficient (Wildman–Crippen LogP) is 3.30. The van der Waals surface area contributed by atoms with Crippen LogP contribution in [0.2, 0.25) is 0 Å². The Bertz CT molecular complexity index is 174. The molecule has 2 rings (SSSR count). The van der Waals surface area contributed by atoms with E-state index in [9.17, 15) is 0 Å².